The van der Waals surface area contributed by atoms with Crippen LogP contribution in [0.25, 0.3) is 0 Å². The van der Waals surface area contributed by atoms with Gasteiger partial charge in [0.25, 0.3) is 9.05 Å². The van der Waals surface area contributed by atoms with Crippen LogP contribution < -0.4 is 0 Å². The van der Waals surface area contributed by atoms with E-state index < -0.39 is 25.7 Å². The monoisotopic (exact) mass is 320 g/mol. The van der Waals surface area contributed by atoms with Crippen LogP contribution in [0, 0.1) is 18.7 Å². The molecule has 1 saturated carbocycles. The lowest BCUT2D eigenvalue weighted by atomic mass is 10.1. The average molecular weight is 321 g/mol. The predicted molar refractivity (Wildman–Crippen MR) is 71.8 cm³/mol. The molecule has 20 heavy (non-hydrogen) atoms. The molecule has 0 N–H and O–H groups in total. The van der Waals surface area contributed by atoms with Crippen molar-refractivity contribution in [2.45, 2.75) is 31.1 Å². The van der Waals surface area contributed by atoms with E-state index in [-0.39, 0.29) is 17.7 Å². The highest BCUT2D eigenvalue weighted by Gasteiger charge is 2.23. The van der Waals surface area contributed by atoms with E-state index in [1.807, 2.05) is 0 Å². The lowest BCUT2D eigenvalue weighted by Gasteiger charge is -2.08. The van der Waals surface area contributed by atoms with Gasteiger partial charge in [-0.2, -0.15) is 0 Å². The van der Waals surface area contributed by atoms with Gasteiger partial charge in [0.2, 0.25) is 0 Å². The lowest BCUT2D eigenvalue weighted by molar-refractivity contribution is 0.0494. The largest absolute Gasteiger partial charge is 0.462 e. The minimum atomic E-state index is -4.11. The smallest absolute Gasteiger partial charge is 0.338 e. The molecule has 1 aromatic rings. The van der Waals surface area contributed by atoms with Crippen molar-refractivity contribution in [2.75, 3.05) is 6.61 Å². The summed E-state index contributed by atoms with van der Waals surface area (Å²) in [6.07, 6.45) is 3.07. The molecule has 0 radical (unpaired) electrons. The Kier molecular flexibility index (Phi) is 4.34. The van der Waals surface area contributed by atoms with Gasteiger partial charge < -0.3 is 4.74 Å². The first-order valence-corrected chi connectivity index (χ1v) is 8.52. The van der Waals surface area contributed by atoms with Crippen LogP contribution in [0.3, 0.4) is 0 Å². The maximum atomic E-state index is 13.7. The minimum absolute atomic E-state index is 0.116. The SMILES string of the molecule is Cc1c(F)cc(C(=O)OCCC2CC2)cc1S(=O)(=O)Cl. The van der Waals surface area contributed by atoms with Crippen molar-refractivity contribution in [1.82, 2.24) is 0 Å². The van der Waals surface area contributed by atoms with E-state index in [2.05, 4.69) is 0 Å². The second-order valence-corrected chi connectivity index (χ2v) is 7.42. The lowest BCUT2D eigenvalue weighted by Crippen LogP contribution is -2.09. The van der Waals surface area contributed by atoms with Gasteiger partial charge in [-0.05, 0) is 31.4 Å². The van der Waals surface area contributed by atoms with Crippen LogP contribution in [-0.4, -0.2) is 21.0 Å². The Morgan fingerprint density at radius 1 is 1.45 bits per heavy atom. The summed E-state index contributed by atoms with van der Waals surface area (Å²) >= 11 is 0. The van der Waals surface area contributed by atoms with Gasteiger partial charge >= 0.3 is 5.97 Å². The zero-order chi connectivity index (χ0) is 14.9. The highest BCUT2D eigenvalue weighted by Crippen LogP contribution is 2.32. The summed E-state index contributed by atoms with van der Waals surface area (Å²) in [5.74, 6) is -0.941. The van der Waals surface area contributed by atoms with Gasteiger partial charge in [0, 0.05) is 16.2 Å². The standard InChI is InChI=1S/C13H14ClFO4S/c1-8-11(15)6-10(7-12(8)20(14,17)18)13(16)19-5-4-9-2-3-9/h6-7,9H,2-5H2,1H3. The third-order valence-corrected chi connectivity index (χ3v) is 4.70. The van der Waals surface area contributed by atoms with E-state index in [1.165, 1.54) is 6.92 Å². The Labute approximate surface area is 121 Å². The Balaban J connectivity index is 2.18. The van der Waals surface area contributed by atoms with Crippen molar-refractivity contribution in [3.8, 4) is 0 Å². The summed E-state index contributed by atoms with van der Waals surface area (Å²) in [7, 11) is 1.11. The summed E-state index contributed by atoms with van der Waals surface area (Å²) in [6, 6.07) is 2.00. The number of carbonyl (C=O) groups is 1. The number of hydrogen-bond donors (Lipinski definition) is 0. The summed E-state index contributed by atoms with van der Waals surface area (Å²) < 4.78 is 41.3. The van der Waals surface area contributed by atoms with Gasteiger partial charge in [-0.3, -0.25) is 0 Å². The molecular formula is C13H14ClFO4S. The molecule has 1 aliphatic rings. The van der Waals surface area contributed by atoms with Gasteiger partial charge in [0.1, 0.15) is 5.82 Å². The fourth-order valence-corrected chi connectivity index (χ4v) is 3.04. The molecule has 0 saturated heterocycles. The fourth-order valence-electron chi connectivity index (χ4n) is 1.83. The molecule has 7 heteroatoms. The van der Waals surface area contributed by atoms with Gasteiger partial charge in [-0.15, -0.1) is 0 Å². The van der Waals surface area contributed by atoms with Crippen molar-refractivity contribution < 1.29 is 22.3 Å². The van der Waals surface area contributed by atoms with Crippen LogP contribution in [0.5, 0.6) is 0 Å². The number of ether oxygens (including phenoxy) is 1. The maximum Gasteiger partial charge on any atom is 0.338 e. The molecule has 0 aromatic heterocycles. The van der Waals surface area contributed by atoms with E-state index in [9.17, 15) is 17.6 Å². The molecule has 1 aliphatic carbocycles. The highest BCUT2D eigenvalue weighted by molar-refractivity contribution is 8.13. The van der Waals surface area contributed by atoms with Gasteiger partial charge in [0.05, 0.1) is 17.1 Å². The summed E-state index contributed by atoms with van der Waals surface area (Å²) in [6.45, 7) is 1.54. The van der Waals surface area contributed by atoms with Crippen LogP contribution in [0.4, 0.5) is 4.39 Å². The molecule has 0 atom stereocenters. The average Bonchev–Trinajstić information content (AvgIpc) is 3.14. The van der Waals surface area contributed by atoms with Gasteiger partial charge in [-0.1, -0.05) is 12.8 Å². The first-order chi connectivity index (χ1) is 9.29. The van der Waals surface area contributed by atoms with Crippen molar-refractivity contribution in [1.29, 1.82) is 0 Å². The Morgan fingerprint density at radius 2 is 2.10 bits per heavy atom. The van der Waals surface area contributed by atoms with Crippen LogP contribution in [0.2, 0.25) is 0 Å². The third kappa shape index (κ3) is 3.70. The third-order valence-electron chi connectivity index (χ3n) is 3.25. The fraction of sp³-hybridized carbons (Fsp3) is 0.462. The number of halogens is 2. The van der Waals surface area contributed by atoms with Crippen molar-refractivity contribution in [2.24, 2.45) is 5.92 Å². The second kappa shape index (κ2) is 5.69. The Morgan fingerprint density at radius 3 is 2.65 bits per heavy atom. The van der Waals surface area contributed by atoms with Gasteiger partial charge in [-0.25, -0.2) is 17.6 Å². The Bertz CT molecular complexity index is 638. The van der Waals surface area contributed by atoms with E-state index >= 15 is 0 Å². The molecule has 0 unspecified atom stereocenters. The quantitative estimate of drug-likeness (QED) is 0.618. The first kappa shape index (κ1) is 15.3. The molecule has 0 bridgehead atoms. The molecule has 1 fully saturated rings. The van der Waals surface area contributed by atoms with E-state index in [0.29, 0.717) is 5.92 Å². The molecule has 110 valence electrons. The predicted octanol–water partition coefficient (Wildman–Crippen LogP) is 3.02. The molecule has 1 aromatic carbocycles. The summed E-state index contributed by atoms with van der Waals surface area (Å²) in [4.78, 5) is 11.4. The first-order valence-electron chi connectivity index (χ1n) is 6.21. The molecular weight excluding hydrogens is 307 g/mol. The minimum Gasteiger partial charge on any atom is -0.462 e. The number of carbonyl (C=O) groups excluding carboxylic acids is 1. The number of esters is 1. The summed E-state index contributed by atoms with van der Waals surface area (Å²) in [5, 5.41) is 0. The zero-order valence-corrected chi connectivity index (χ0v) is 12.4. The number of benzene rings is 1. The molecule has 2 rings (SSSR count). The van der Waals surface area contributed by atoms with Crippen LogP contribution >= 0.6 is 10.7 Å². The van der Waals surface area contributed by atoms with E-state index in [4.69, 9.17) is 15.4 Å². The van der Waals surface area contributed by atoms with Crippen LogP contribution in [0.15, 0.2) is 17.0 Å². The van der Waals surface area contributed by atoms with Crippen molar-refractivity contribution in [3.05, 3.63) is 29.1 Å². The highest BCUT2D eigenvalue weighted by atomic mass is 35.7. The zero-order valence-electron chi connectivity index (χ0n) is 10.9. The van der Waals surface area contributed by atoms with Crippen molar-refractivity contribution >= 4 is 25.7 Å². The van der Waals surface area contributed by atoms with Crippen molar-refractivity contribution in [3.63, 3.8) is 0 Å². The van der Waals surface area contributed by atoms with Crippen LogP contribution in [-0.2, 0) is 13.8 Å². The van der Waals surface area contributed by atoms with Crippen LogP contribution in [0.1, 0.15) is 35.2 Å². The van der Waals surface area contributed by atoms with E-state index in [1.54, 1.807) is 0 Å². The molecule has 0 amide bonds. The Hall–Kier alpha value is -1.14. The molecule has 0 aliphatic heterocycles. The number of rotatable bonds is 5. The summed E-state index contributed by atoms with van der Waals surface area (Å²) in [5.41, 5.74) is -0.266. The number of hydrogen-bond acceptors (Lipinski definition) is 4. The van der Waals surface area contributed by atoms with Gasteiger partial charge in [0.15, 0.2) is 0 Å². The normalized spacial score (nSPS) is 15.2. The van der Waals surface area contributed by atoms with E-state index in [0.717, 1.165) is 31.4 Å². The molecule has 0 spiro atoms. The molecule has 0 heterocycles. The topological polar surface area (TPSA) is 60.4 Å². The molecule has 4 nitrogen and oxygen atoms in total. The second-order valence-electron chi connectivity index (χ2n) is 4.89. The maximum absolute atomic E-state index is 13.7.